The molecule has 2 aromatic rings. The Bertz CT molecular complexity index is 628. The summed E-state index contributed by atoms with van der Waals surface area (Å²) in [5, 5.41) is 0. The van der Waals surface area contributed by atoms with E-state index in [0.717, 1.165) is 25.4 Å². The lowest BCUT2D eigenvalue weighted by Crippen LogP contribution is -2.01. The Morgan fingerprint density at radius 2 is 2.00 bits per heavy atom. The summed E-state index contributed by atoms with van der Waals surface area (Å²) in [6.07, 6.45) is 0. The van der Waals surface area contributed by atoms with Crippen LogP contribution in [-0.4, -0.2) is 11.5 Å². The first-order valence-electron chi connectivity index (χ1n) is 5.03. The second kappa shape index (κ2) is 6.47. The van der Waals surface area contributed by atoms with Gasteiger partial charge in [-0.1, -0.05) is 0 Å². The van der Waals surface area contributed by atoms with Crippen LogP contribution in [0.3, 0.4) is 0 Å². The van der Waals surface area contributed by atoms with Crippen molar-refractivity contribution < 1.29 is 13.6 Å². The Balaban J connectivity index is 2.06. The summed E-state index contributed by atoms with van der Waals surface area (Å²) < 4.78 is 27.7. The minimum absolute atomic E-state index is 0.102. The fourth-order valence-electron chi connectivity index (χ4n) is 1.34. The van der Waals surface area contributed by atoms with Crippen LogP contribution >= 0.6 is 55.0 Å². The maximum Gasteiger partial charge on any atom is 0.175 e. The summed E-state index contributed by atoms with van der Waals surface area (Å²) in [5.41, 5.74) is 0.562. The number of rotatable bonds is 4. The third kappa shape index (κ3) is 3.87. The van der Waals surface area contributed by atoms with Crippen LogP contribution in [-0.2, 0) is 0 Å². The largest absolute Gasteiger partial charge is 0.293 e. The number of carbonyl (C=O) groups excluding carboxylic acids is 1. The molecule has 0 atom stereocenters. The summed E-state index contributed by atoms with van der Waals surface area (Å²) >= 11 is 9.06. The zero-order chi connectivity index (χ0) is 14.0. The van der Waals surface area contributed by atoms with Crippen molar-refractivity contribution >= 4 is 60.7 Å². The molecule has 1 nitrogen and oxygen atoms in total. The smallest absolute Gasteiger partial charge is 0.175 e. The maximum atomic E-state index is 13.4. The number of thioether (sulfide) groups is 1. The number of ketones is 1. The van der Waals surface area contributed by atoms with Crippen LogP contribution < -0.4 is 0 Å². The van der Waals surface area contributed by atoms with E-state index < -0.39 is 11.6 Å². The SMILES string of the molecule is O=C(CSc1ccc(F)cc1F)c1cc(Br)sc1Br. The van der Waals surface area contributed by atoms with Crippen LogP contribution in [0, 0.1) is 11.6 Å². The molecule has 7 heteroatoms. The average Bonchev–Trinajstić information content (AvgIpc) is 2.67. The normalized spacial score (nSPS) is 10.7. The molecule has 0 fully saturated rings. The van der Waals surface area contributed by atoms with E-state index in [2.05, 4.69) is 31.9 Å². The highest BCUT2D eigenvalue weighted by Crippen LogP contribution is 2.33. The van der Waals surface area contributed by atoms with Crippen LogP contribution in [0.4, 0.5) is 8.78 Å². The molecule has 0 N–H and O–H groups in total. The fourth-order valence-corrected chi connectivity index (χ4v) is 5.00. The quantitative estimate of drug-likeness (QED) is 0.471. The van der Waals surface area contributed by atoms with Gasteiger partial charge >= 0.3 is 0 Å². The third-order valence-electron chi connectivity index (χ3n) is 2.21. The van der Waals surface area contributed by atoms with Crippen molar-refractivity contribution in [2.45, 2.75) is 4.90 Å². The zero-order valence-electron chi connectivity index (χ0n) is 9.25. The Morgan fingerprint density at radius 1 is 1.26 bits per heavy atom. The van der Waals surface area contributed by atoms with E-state index in [0.29, 0.717) is 5.56 Å². The van der Waals surface area contributed by atoms with Crippen molar-refractivity contribution in [2.24, 2.45) is 0 Å². The lowest BCUT2D eigenvalue weighted by molar-refractivity contribution is 0.102. The molecule has 1 aromatic heterocycles. The molecular weight excluding hydrogens is 422 g/mol. The first-order chi connectivity index (χ1) is 8.97. The van der Waals surface area contributed by atoms with Crippen LogP contribution in [0.2, 0.25) is 0 Å². The molecule has 2 rings (SSSR count). The summed E-state index contributed by atoms with van der Waals surface area (Å²) in [7, 11) is 0. The summed E-state index contributed by atoms with van der Waals surface area (Å²) in [6.45, 7) is 0. The molecule has 0 aliphatic rings. The minimum Gasteiger partial charge on any atom is -0.293 e. The van der Waals surface area contributed by atoms with Gasteiger partial charge in [-0.25, -0.2) is 8.78 Å². The van der Waals surface area contributed by atoms with Gasteiger partial charge in [-0.15, -0.1) is 23.1 Å². The van der Waals surface area contributed by atoms with E-state index in [1.807, 2.05) is 0 Å². The van der Waals surface area contributed by atoms with Crippen LogP contribution in [0.1, 0.15) is 10.4 Å². The molecule has 0 spiro atoms. The van der Waals surface area contributed by atoms with Crippen LogP contribution in [0.5, 0.6) is 0 Å². The number of benzene rings is 1. The fraction of sp³-hybridized carbons (Fsp3) is 0.0833. The Kier molecular flexibility index (Phi) is 5.16. The predicted molar refractivity (Wildman–Crippen MR) is 81.1 cm³/mol. The molecule has 0 aliphatic carbocycles. The molecule has 0 radical (unpaired) electrons. The topological polar surface area (TPSA) is 17.1 Å². The van der Waals surface area contributed by atoms with Gasteiger partial charge in [0, 0.05) is 16.5 Å². The van der Waals surface area contributed by atoms with Gasteiger partial charge in [0.2, 0.25) is 0 Å². The lowest BCUT2D eigenvalue weighted by atomic mass is 10.2. The molecule has 0 amide bonds. The number of Topliss-reactive ketones (excluding diaryl/α,β-unsaturated/α-hetero) is 1. The monoisotopic (exact) mass is 426 g/mol. The van der Waals surface area contributed by atoms with E-state index in [1.165, 1.54) is 23.5 Å². The second-order valence-corrected chi connectivity index (χ2v) is 8.29. The highest BCUT2D eigenvalue weighted by atomic mass is 79.9. The van der Waals surface area contributed by atoms with E-state index >= 15 is 0 Å². The van der Waals surface area contributed by atoms with E-state index in [-0.39, 0.29) is 16.4 Å². The Labute approximate surface area is 133 Å². The van der Waals surface area contributed by atoms with Crippen molar-refractivity contribution in [3.63, 3.8) is 0 Å². The number of carbonyl (C=O) groups is 1. The van der Waals surface area contributed by atoms with Crippen molar-refractivity contribution in [1.82, 2.24) is 0 Å². The van der Waals surface area contributed by atoms with Gasteiger partial charge < -0.3 is 0 Å². The van der Waals surface area contributed by atoms with Crippen molar-refractivity contribution in [2.75, 3.05) is 5.75 Å². The zero-order valence-corrected chi connectivity index (χ0v) is 14.1. The van der Waals surface area contributed by atoms with Gasteiger partial charge in [0.05, 0.1) is 13.3 Å². The summed E-state index contributed by atoms with van der Waals surface area (Å²) in [5.74, 6) is -1.28. The third-order valence-corrected chi connectivity index (χ3v) is 5.60. The van der Waals surface area contributed by atoms with Gasteiger partial charge in [0.25, 0.3) is 0 Å². The number of thiophene rings is 1. The second-order valence-electron chi connectivity index (χ2n) is 3.52. The number of halogens is 4. The lowest BCUT2D eigenvalue weighted by Gasteiger charge is -2.02. The maximum absolute atomic E-state index is 13.4. The van der Waals surface area contributed by atoms with Gasteiger partial charge in [-0.3, -0.25) is 4.79 Å². The Morgan fingerprint density at radius 3 is 2.58 bits per heavy atom. The van der Waals surface area contributed by atoms with Gasteiger partial charge in [0.15, 0.2) is 5.78 Å². The summed E-state index contributed by atoms with van der Waals surface area (Å²) in [6, 6.07) is 5.04. The van der Waals surface area contributed by atoms with E-state index in [9.17, 15) is 13.6 Å². The first kappa shape index (κ1) is 15.2. The predicted octanol–water partition coefficient (Wildman–Crippen LogP) is 5.53. The molecule has 0 aliphatic heterocycles. The van der Waals surface area contributed by atoms with Gasteiger partial charge in [-0.05, 0) is 50.1 Å². The summed E-state index contributed by atoms with van der Waals surface area (Å²) in [4.78, 5) is 12.2. The highest BCUT2D eigenvalue weighted by molar-refractivity contribution is 9.12. The minimum atomic E-state index is -0.650. The molecular formula is C12H6Br2F2OS2. The molecule has 100 valence electrons. The van der Waals surface area contributed by atoms with Gasteiger partial charge in [0.1, 0.15) is 11.6 Å². The van der Waals surface area contributed by atoms with E-state index in [4.69, 9.17) is 0 Å². The number of hydrogen-bond donors (Lipinski definition) is 0. The van der Waals surface area contributed by atoms with Crippen LogP contribution in [0.25, 0.3) is 0 Å². The molecule has 0 unspecified atom stereocenters. The van der Waals surface area contributed by atoms with E-state index in [1.54, 1.807) is 6.07 Å². The van der Waals surface area contributed by atoms with Crippen molar-refractivity contribution in [1.29, 1.82) is 0 Å². The molecule has 0 saturated heterocycles. The standard InChI is InChI=1S/C12H6Br2F2OS2/c13-11-4-7(12(14)19-11)9(17)5-18-10-2-1-6(15)3-8(10)16/h1-4H,5H2. The molecule has 0 saturated carbocycles. The average molecular weight is 428 g/mol. The highest BCUT2D eigenvalue weighted by Gasteiger charge is 2.15. The molecule has 0 bridgehead atoms. The molecule has 19 heavy (non-hydrogen) atoms. The number of hydrogen-bond acceptors (Lipinski definition) is 3. The van der Waals surface area contributed by atoms with Crippen LogP contribution in [0.15, 0.2) is 36.7 Å². The molecule has 1 heterocycles. The molecule has 1 aromatic carbocycles. The van der Waals surface area contributed by atoms with Gasteiger partial charge in [-0.2, -0.15) is 0 Å². The first-order valence-corrected chi connectivity index (χ1v) is 8.42. The van der Waals surface area contributed by atoms with Crippen molar-refractivity contribution in [3.05, 3.63) is 49.0 Å². The van der Waals surface area contributed by atoms with Crippen molar-refractivity contribution in [3.8, 4) is 0 Å². The Hall–Kier alpha value is -0.240.